The van der Waals surface area contributed by atoms with E-state index in [0.29, 0.717) is 6.42 Å². The Kier molecular flexibility index (Phi) is 4.94. The molecule has 3 aromatic rings. The summed E-state index contributed by atoms with van der Waals surface area (Å²) in [6, 6.07) is 14.0. The molecule has 0 radical (unpaired) electrons. The van der Waals surface area contributed by atoms with E-state index in [1.54, 1.807) is 0 Å². The van der Waals surface area contributed by atoms with Crippen LogP contribution in [0.25, 0.3) is 11.0 Å². The molecule has 2 aromatic carbocycles. The molecule has 0 saturated heterocycles. The lowest BCUT2D eigenvalue weighted by molar-refractivity contribution is -0.116. The number of benzene rings is 2. The van der Waals surface area contributed by atoms with E-state index in [4.69, 9.17) is 0 Å². The van der Waals surface area contributed by atoms with Crippen LogP contribution in [-0.4, -0.2) is 15.9 Å². The maximum Gasteiger partial charge on any atom is 0.224 e. The Morgan fingerprint density at radius 3 is 2.67 bits per heavy atom. The molecule has 4 heteroatoms. The zero-order chi connectivity index (χ0) is 16.9. The highest BCUT2D eigenvalue weighted by molar-refractivity contribution is 5.90. The number of carbonyl (C=O) groups is 1. The van der Waals surface area contributed by atoms with Crippen molar-refractivity contribution in [1.82, 2.24) is 9.97 Å². The van der Waals surface area contributed by atoms with Gasteiger partial charge in [-0.15, -0.1) is 0 Å². The summed E-state index contributed by atoms with van der Waals surface area (Å²) in [5.74, 6) is 1.07. The van der Waals surface area contributed by atoms with Crippen molar-refractivity contribution < 1.29 is 4.79 Å². The second-order valence-electron chi connectivity index (χ2n) is 6.20. The summed E-state index contributed by atoms with van der Waals surface area (Å²) in [6.45, 7) is 4.18. The van der Waals surface area contributed by atoms with Crippen molar-refractivity contribution in [2.45, 2.75) is 39.5 Å². The number of rotatable bonds is 6. The molecule has 0 aliphatic carbocycles. The number of imidazole rings is 1. The molecule has 0 spiro atoms. The summed E-state index contributed by atoms with van der Waals surface area (Å²) in [4.78, 5) is 20.0. The van der Waals surface area contributed by atoms with Gasteiger partial charge in [0, 0.05) is 18.5 Å². The largest absolute Gasteiger partial charge is 0.342 e. The standard InChI is InChI=1S/C20H23N3O/c1-3-4-19-22-17-11-7-15(13-18(17)23-19)8-12-20(24)21-16-9-5-14(2)6-10-16/h5-7,9-11,13H,3-4,8,12H2,1-2H3,(H,21,24)(H,22,23). The smallest absolute Gasteiger partial charge is 0.224 e. The van der Waals surface area contributed by atoms with Crippen LogP contribution in [0.1, 0.15) is 36.7 Å². The van der Waals surface area contributed by atoms with Gasteiger partial charge in [-0.25, -0.2) is 4.98 Å². The van der Waals surface area contributed by atoms with Gasteiger partial charge in [-0.1, -0.05) is 30.7 Å². The van der Waals surface area contributed by atoms with Crippen molar-refractivity contribution in [2.75, 3.05) is 5.32 Å². The predicted octanol–water partition coefficient (Wildman–Crippen LogP) is 4.40. The van der Waals surface area contributed by atoms with Gasteiger partial charge in [0.1, 0.15) is 5.82 Å². The van der Waals surface area contributed by atoms with E-state index in [0.717, 1.165) is 47.4 Å². The third-order valence-electron chi connectivity index (χ3n) is 4.06. The molecular weight excluding hydrogens is 298 g/mol. The average molecular weight is 321 g/mol. The van der Waals surface area contributed by atoms with Crippen molar-refractivity contribution in [3.05, 3.63) is 59.4 Å². The van der Waals surface area contributed by atoms with Crippen molar-refractivity contribution in [3.63, 3.8) is 0 Å². The van der Waals surface area contributed by atoms with E-state index in [2.05, 4.69) is 34.3 Å². The van der Waals surface area contributed by atoms with Gasteiger partial charge >= 0.3 is 0 Å². The minimum atomic E-state index is 0.0373. The summed E-state index contributed by atoms with van der Waals surface area (Å²) in [5.41, 5.74) is 5.22. The molecule has 0 aliphatic rings. The van der Waals surface area contributed by atoms with Crippen LogP contribution in [0, 0.1) is 6.92 Å². The highest BCUT2D eigenvalue weighted by Gasteiger charge is 2.06. The molecule has 0 saturated carbocycles. The first-order chi connectivity index (χ1) is 11.6. The van der Waals surface area contributed by atoms with Crippen LogP contribution in [0.2, 0.25) is 0 Å². The molecule has 0 atom stereocenters. The minimum absolute atomic E-state index is 0.0373. The van der Waals surface area contributed by atoms with Gasteiger partial charge in [0.25, 0.3) is 0 Å². The van der Waals surface area contributed by atoms with Gasteiger partial charge in [0.05, 0.1) is 11.0 Å². The first-order valence-electron chi connectivity index (χ1n) is 8.48. The summed E-state index contributed by atoms with van der Waals surface area (Å²) in [7, 11) is 0. The fourth-order valence-corrected chi connectivity index (χ4v) is 2.74. The van der Waals surface area contributed by atoms with Crippen molar-refractivity contribution >= 4 is 22.6 Å². The number of aromatic amines is 1. The summed E-state index contributed by atoms with van der Waals surface area (Å²) in [6.07, 6.45) is 3.22. The molecule has 1 amide bonds. The van der Waals surface area contributed by atoms with E-state index in [9.17, 15) is 4.79 Å². The first kappa shape index (κ1) is 16.2. The Labute approximate surface area is 142 Å². The molecule has 3 rings (SSSR count). The van der Waals surface area contributed by atoms with E-state index >= 15 is 0 Å². The van der Waals surface area contributed by atoms with E-state index < -0.39 is 0 Å². The normalized spacial score (nSPS) is 10.9. The lowest BCUT2D eigenvalue weighted by atomic mass is 10.1. The highest BCUT2D eigenvalue weighted by Crippen LogP contribution is 2.16. The fraction of sp³-hybridized carbons (Fsp3) is 0.300. The van der Waals surface area contributed by atoms with Crippen LogP contribution in [0.5, 0.6) is 0 Å². The van der Waals surface area contributed by atoms with Gasteiger partial charge in [-0.3, -0.25) is 4.79 Å². The molecule has 24 heavy (non-hydrogen) atoms. The molecule has 0 aliphatic heterocycles. The number of nitrogens with one attached hydrogen (secondary N) is 2. The number of aromatic nitrogens is 2. The number of hydrogen-bond acceptors (Lipinski definition) is 2. The molecule has 2 N–H and O–H groups in total. The Morgan fingerprint density at radius 1 is 1.12 bits per heavy atom. The van der Waals surface area contributed by atoms with E-state index in [-0.39, 0.29) is 5.91 Å². The lowest BCUT2D eigenvalue weighted by Gasteiger charge is -2.06. The number of amides is 1. The fourth-order valence-electron chi connectivity index (χ4n) is 2.74. The second kappa shape index (κ2) is 7.30. The number of fused-ring (bicyclic) bond motifs is 1. The van der Waals surface area contributed by atoms with Gasteiger partial charge in [0.15, 0.2) is 0 Å². The van der Waals surface area contributed by atoms with Crippen LogP contribution < -0.4 is 5.32 Å². The number of H-pyrrole nitrogens is 1. The molecule has 0 unspecified atom stereocenters. The number of nitrogens with zero attached hydrogens (tertiary/aromatic N) is 1. The third-order valence-corrected chi connectivity index (χ3v) is 4.06. The monoisotopic (exact) mass is 321 g/mol. The topological polar surface area (TPSA) is 57.8 Å². The number of hydrogen-bond donors (Lipinski definition) is 2. The molecule has 0 fully saturated rings. The quantitative estimate of drug-likeness (QED) is 0.707. The van der Waals surface area contributed by atoms with Crippen LogP contribution in [0.3, 0.4) is 0 Å². The second-order valence-corrected chi connectivity index (χ2v) is 6.20. The maximum absolute atomic E-state index is 12.1. The molecule has 1 heterocycles. The van der Waals surface area contributed by atoms with Gasteiger partial charge in [-0.05, 0) is 49.6 Å². The van der Waals surface area contributed by atoms with Crippen molar-refractivity contribution in [3.8, 4) is 0 Å². The summed E-state index contributed by atoms with van der Waals surface area (Å²) >= 11 is 0. The van der Waals surface area contributed by atoms with Gasteiger partial charge < -0.3 is 10.3 Å². The van der Waals surface area contributed by atoms with Crippen LogP contribution >= 0.6 is 0 Å². The van der Waals surface area contributed by atoms with Crippen LogP contribution in [-0.2, 0) is 17.6 Å². The third kappa shape index (κ3) is 4.02. The SMILES string of the molecule is CCCc1nc2ccc(CCC(=O)Nc3ccc(C)cc3)cc2[nH]1. The van der Waals surface area contributed by atoms with Gasteiger partial charge in [-0.2, -0.15) is 0 Å². The van der Waals surface area contributed by atoms with Crippen LogP contribution in [0.15, 0.2) is 42.5 Å². The Hall–Kier alpha value is -2.62. The zero-order valence-corrected chi connectivity index (χ0v) is 14.2. The average Bonchev–Trinajstić information content (AvgIpc) is 2.97. The molecule has 0 bridgehead atoms. The number of anilines is 1. The molecular formula is C20H23N3O. The zero-order valence-electron chi connectivity index (χ0n) is 14.2. The predicted molar refractivity (Wildman–Crippen MR) is 98.2 cm³/mol. The molecule has 124 valence electrons. The van der Waals surface area contributed by atoms with Crippen molar-refractivity contribution in [1.29, 1.82) is 0 Å². The molecule has 1 aromatic heterocycles. The number of aryl methyl sites for hydroxylation is 3. The number of carbonyl (C=O) groups excluding carboxylic acids is 1. The Balaban J connectivity index is 1.60. The Morgan fingerprint density at radius 2 is 1.92 bits per heavy atom. The maximum atomic E-state index is 12.1. The Bertz CT molecular complexity index is 834. The summed E-state index contributed by atoms with van der Waals surface area (Å²) < 4.78 is 0. The lowest BCUT2D eigenvalue weighted by Crippen LogP contribution is -2.12. The first-order valence-corrected chi connectivity index (χ1v) is 8.48. The van der Waals surface area contributed by atoms with E-state index in [1.165, 1.54) is 5.56 Å². The van der Waals surface area contributed by atoms with Gasteiger partial charge in [0.2, 0.25) is 5.91 Å². The summed E-state index contributed by atoms with van der Waals surface area (Å²) in [5, 5.41) is 2.94. The van der Waals surface area contributed by atoms with E-state index in [1.807, 2.05) is 37.3 Å². The minimum Gasteiger partial charge on any atom is -0.342 e. The van der Waals surface area contributed by atoms with Crippen LogP contribution in [0.4, 0.5) is 5.69 Å². The molecule has 4 nitrogen and oxygen atoms in total. The van der Waals surface area contributed by atoms with Crippen molar-refractivity contribution in [2.24, 2.45) is 0 Å². The highest BCUT2D eigenvalue weighted by atomic mass is 16.1.